The van der Waals surface area contributed by atoms with Gasteiger partial charge in [-0.05, 0) is 72.1 Å². The highest BCUT2D eigenvalue weighted by molar-refractivity contribution is 5.97. The van der Waals surface area contributed by atoms with E-state index in [0.717, 1.165) is 11.6 Å². The largest absolute Gasteiger partial charge is 0.418 e. The summed E-state index contributed by atoms with van der Waals surface area (Å²) in [6.07, 6.45) is 0.0885. The Morgan fingerprint density at radius 1 is 0.912 bits per heavy atom. The van der Waals surface area contributed by atoms with E-state index in [-0.39, 0.29) is 54.6 Å². The van der Waals surface area contributed by atoms with Crippen LogP contribution in [0.2, 0.25) is 0 Å². The topological polar surface area (TPSA) is 157 Å². The van der Waals surface area contributed by atoms with Crippen molar-refractivity contribution < 1.29 is 36.7 Å². The van der Waals surface area contributed by atoms with Gasteiger partial charge >= 0.3 is 12.2 Å². The monoisotopic (exact) mass is 793 g/mol. The fourth-order valence-electron chi connectivity index (χ4n) is 7.24. The van der Waals surface area contributed by atoms with E-state index in [4.69, 9.17) is 0 Å². The highest BCUT2D eigenvalue weighted by atomic mass is 19.4. The molecule has 5 rings (SSSR count). The second kappa shape index (κ2) is 18.6. The summed E-state index contributed by atoms with van der Waals surface area (Å²) in [5.41, 5.74) is -0.458. The van der Waals surface area contributed by atoms with E-state index in [1.807, 2.05) is 32.9 Å². The summed E-state index contributed by atoms with van der Waals surface area (Å²) in [4.78, 5) is 62.1. The van der Waals surface area contributed by atoms with Gasteiger partial charge in [-0.3, -0.25) is 19.4 Å². The summed E-state index contributed by atoms with van der Waals surface area (Å²) < 4.78 is 56.7. The number of rotatable bonds is 16. The van der Waals surface area contributed by atoms with E-state index < -0.39 is 64.9 Å². The lowest BCUT2D eigenvalue weighted by Crippen LogP contribution is -2.67. The number of carbonyl (C=O) groups is 4. The van der Waals surface area contributed by atoms with Crippen molar-refractivity contribution >= 4 is 34.7 Å². The van der Waals surface area contributed by atoms with Gasteiger partial charge in [0.25, 0.3) is 0 Å². The van der Waals surface area contributed by atoms with Gasteiger partial charge in [0.15, 0.2) is 0 Å². The number of amides is 5. The second-order valence-corrected chi connectivity index (χ2v) is 15.0. The van der Waals surface area contributed by atoms with Crippen molar-refractivity contribution in [3.63, 3.8) is 0 Å². The Morgan fingerprint density at radius 3 is 2.32 bits per heavy atom. The van der Waals surface area contributed by atoms with Crippen molar-refractivity contribution in [2.24, 2.45) is 11.8 Å². The van der Waals surface area contributed by atoms with Crippen molar-refractivity contribution in [3.05, 3.63) is 101 Å². The van der Waals surface area contributed by atoms with Crippen LogP contribution in [-0.4, -0.2) is 64.4 Å². The minimum Gasteiger partial charge on any atom is -0.358 e. The number of aromatic amines is 1. The molecule has 0 fully saturated rings. The number of H-pyrrole nitrogens is 1. The summed E-state index contributed by atoms with van der Waals surface area (Å²) in [5.74, 6) is -2.94. The first-order chi connectivity index (χ1) is 27.2. The molecule has 15 heteroatoms. The van der Waals surface area contributed by atoms with E-state index in [0.29, 0.717) is 37.1 Å². The van der Waals surface area contributed by atoms with Gasteiger partial charge in [-0.25, -0.2) is 9.18 Å². The van der Waals surface area contributed by atoms with Gasteiger partial charge < -0.3 is 31.6 Å². The summed E-state index contributed by atoms with van der Waals surface area (Å²) in [6, 6.07) is 11.2. The number of halogens is 4. The molecule has 2 heterocycles. The molecule has 2 aromatic carbocycles. The van der Waals surface area contributed by atoms with Crippen LogP contribution < -0.4 is 26.6 Å². The molecule has 6 N–H and O–H groups in total. The van der Waals surface area contributed by atoms with Crippen LogP contribution >= 0.6 is 0 Å². The number of urea groups is 1. The summed E-state index contributed by atoms with van der Waals surface area (Å²) in [5, 5.41) is 14.7. The van der Waals surface area contributed by atoms with E-state index in [1.165, 1.54) is 24.3 Å². The van der Waals surface area contributed by atoms with Crippen LogP contribution in [0.4, 0.5) is 22.4 Å². The standard InChI is InChI=1S/C42H51F4N7O4/c1-5-25(3)34(24-49-40(57)48-21-17-27-15-19-47-20-16-27)51-39(56)41(18-14-33-30(23-41)29-11-9-12-31(37(29)50-33)42(44,45)46)53-38(55)36(26(4)6-2)52-35(54)22-28-10-7-8-13-32(28)43/h7-13,15-16,19-20,25-26,34,36,50H,5-6,14,17-18,21-24H2,1-4H3,(H,51,56)(H,52,54)(H,53,55)(H2,48,49,57)/t25?,26?,34-,36+,41-/m1/s1. The molecule has 5 amide bonds. The summed E-state index contributed by atoms with van der Waals surface area (Å²) in [6.45, 7) is 7.88. The fraction of sp³-hybridized carbons (Fsp3) is 0.452. The third kappa shape index (κ3) is 10.5. The van der Waals surface area contributed by atoms with Gasteiger partial charge in [0.2, 0.25) is 17.7 Å². The normalized spacial score (nSPS) is 17.4. The predicted molar refractivity (Wildman–Crippen MR) is 208 cm³/mol. The fourth-order valence-corrected chi connectivity index (χ4v) is 7.24. The number of alkyl halides is 3. The lowest BCUT2D eigenvalue weighted by atomic mass is 9.78. The molecule has 4 aromatic rings. The predicted octanol–water partition coefficient (Wildman–Crippen LogP) is 5.91. The highest BCUT2D eigenvalue weighted by Crippen LogP contribution is 2.40. The highest BCUT2D eigenvalue weighted by Gasteiger charge is 2.47. The van der Waals surface area contributed by atoms with E-state index in [9.17, 15) is 36.7 Å². The van der Waals surface area contributed by atoms with Gasteiger partial charge in [0.05, 0.1) is 17.5 Å². The van der Waals surface area contributed by atoms with E-state index in [1.54, 1.807) is 31.5 Å². The molecule has 0 bridgehead atoms. The van der Waals surface area contributed by atoms with Crippen molar-refractivity contribution in [2.75, 3.05) is 13.1 Å². The van der Waals surface area contributed by atoms with E-state index in [2.05, 4.69) is 36.6 Å². The molecule has 1 aliphatic rings. The Balaban J connectivity index is 1.42. The quantitative estimate of drug-likeness (QED) is 0.0779. The number of aromatic nitrogens is 2. The smallest absolute Gasteiger partial charge is 0.358 e. The van der Waals surface area contributed by atoms with Crippen molar-refractivity contribution in [1.82, 2.24) is 36.6 Å². The Hall–Kier alpha value is -5.47. The Morgan fingerprint density at radius 2 is 1.63 bits per heavy atom. The minimum absolute atomic E-state index is 0.0261. The molecule has 306 valence electrons. The number of nitrogens with zero attached hydrogens (tertiary/aromatic N) is 1. The maximum atomic E-state index is 14.7. The first-order valence-electron chi connectivity index (χ1n) is 19.4. The molecule has 5 atom stereocenters. The summed E-state index contributed by atoms with van der Waals surface area (Å²) >= 11 is 0. The molecule has 2 unspecified atom stereocenters. The number of aryl methyl sites for hydroxylation is 1. The average molecular weight is 794 g/mol. The molecule has 1 aliphatic carbocycles. The first kappa shape index (κ1) is 42.7. The van der Waals surface area contributed by atoms with Gasteiger partial charge in [0.1, 0.15) is 17.4 Å². The van der Waals surface area contributed by atoms with Crippen LogP contribution in [0.25, 0.3) is 10.9 Å². The zero-order chi connectivity index (χ0) is 41.3. The maximum absolute atomic E-state index is 14.7. The van der Waals surface area contributed by atoms with Gasteiger partial charge in [-0.1, -0.05) is 70.9 Å². The Bertz CT molecular complexity index is 2040. The Kier molecular flexibility index (Phi) is 14.0. The zero-order valence-corrected chi connectivity index (χ0v) is 32.6. The SMILES string of the molecule is CCC(C)[C@H](NC(=O)Cc1ccccc1F)C(=O)N[C@]1(C(=O)N[C@H](CNC(=O)NCCc2ccncc2)C(C)CC)CCc2[nH]c3c(C(F)(F)F)cccc3c2C1. The maximum Gasteiger partial charge on any atom is 0.418 e. The zero-order valence-electron chi connectivity index (χ0n) is 32.6. The third-order valence-corrected chi connectivity index (χ3v) is 11.1. The van der Waals surface area contributed by atoms with Gasteiger partial charge in [-0.2, -0.15) is 13.2 Å². The average Bonchev–Trinajstić information content (AvgIpc) is 3.56. The number of benzene rings is 2. The number of pyridine rings is 1. The van der Waals surface area contributed by atoms with Crippen LogP contribution in [0.1, 0.15) is 74.9 Å². The molecular weight excluding hydrogens is 742 g/mol. The molecule has 11 nitrogen and oxygen atoms in total. The van der Waals surface area contributed by atoms with Crippen LogP contribution in [0, 0.1) is 17.7 Å². The molecule has 0 aliphatic heterocycles. The van der Waals surface area contributed by atoms with Gasteiger partial charge in [-0.15, -0.1) is 0 Å². The molecule has 0 saturated heterocycles. The number of carbonyl (C=O) groups excluding carboxylic acids is 4. The Labute approximate surface area is 329 Å². The van der Waals surface area contributed by atoms with Crippen LogP contribution in [0.3, 0.4) is 0 Å². The van der Waals surface area contributed by atoms with Crippen LogP contribution in [0.5, 0.6) is 0 Å². The molecule has 0 radical (unpaired) electrons. The molecule has 2 aromatic heterocycles. The lowest BCUT2D eigenvalue weighted by Gasteiger charge is -2.40. The first-order valence-corrected chi connectivity index (χ1v) is 19.4. The lowest BCUT2D eigenvalue weighted by molar-refractivity contribution is -0.137. The number of hydrogen-bond acceptors (Lipinski definition) is 5. The number of hydrogen-bond donors (Lipinski definition) is 6. The number of para-hydroxylation sites is 1. The number of fused-ring (bicyclic) bond motifs is 3. The van der Waals surface area contributed by atoms with E-state index >= 15 is 0 Å². The molecular formula is C42H51F4N7O4. The van der Waals surface area contributed by atoms with Crippen molar-refractivity contribution in [2.45, 2.75) is 96.4 Å². The van der Waals surface area contributed by atoms with Crippen molar-refractivity contribution in [3.8, 4) is 0 Å². The second-order valence-electron chi connectivity index (χ2n) is 15.0. The van der Waals surface area contributed by atoms with Crippen molar-refractivity contribution in [1.29, 1.82) is 0 Å². The summed E-state index contributed by atoms with van der Waals surface area (Å²) in [7, 11) is 0. The molecule has 0 spiro atoms. The van der Waals surface area contributed by atoms with Gasteiger partial charge in [0, 0.05) is 49.0 Å². The molecule has 0 saturated carbocycles. The van der Waals surface area contributed by atoms with Crippen LogP contribution in [0.15, 0.2) is 67.0 Å². The number of nitrogens with one attached hydrogen (secondary N) is 6. The minimum atomic E-state index is -4.64. The molecule has 57 heavy (non-hydrogen) atoms. The third-order valence-electron chi connectivity index (χ3n) is 11.1. The van der Waals surface area contributed by atoms with Crippen LogP contribution in [-0.2, 0) is 46.2 Å².